The van der Waals surface area contributed by atoms with E-state index in [0.717, 1.165) is 25.5 Å². The molecule has 0 radical (unpaired) electrons. The number of hydrogen-bond acceptors (Lipinski definition) is 4. The van der Waals surface area contributed by atoms with Gasteiger partial charge >= 0.3 is 0 Å². The molecule has 45 heavy (non-hydrogen) atoms. The summed E-state index contributed by atoms with van der Waals surface area (Å²) in [6, 6.07) is 28.8. The largest absolute Gasteiger partial charge is 0.354 e. The second-order valence-corrected chi connectivity index (χ2v) is 14.5. The van der Waals surface area contributed by atoms with Gasteiger partial charge in [0.1, 0.15) is 12.6 Å². The van der Waals surface area contributed by atoms with Crippen molar-refractivity contribution in [2.45, 2.75) is 44.7 Å². The highest BCUT2D eigenvalue weighted by molar-refractivity contribution is 9.10. The van der Waals surface area contributed by atoms with Crippen LogP contribution in [0.5, 0.6) is 0 Å². The number of carbonyl (C=O) groups is 2. The molecule has 4 aromatic rings. The molecule has 0 heterocycles. The minimum atomic E-state index is -4.16. The maximum Gasteiger partial charge on any atom is 0.264 e. The maximum absolute atomic E-state index is 14.5. The maximum atomic E-state index is 14.5. The Kier molecular flexibility index (Phi) is 11.8. The topological polar surface area (TPSA) is 86.8 Å². The number of anilines is 1. The van der Waals surface area contributed by atoms with Gasteiger partial charge < -0.3 is 10.2 Å². The molecule has 1 N–H and O–H groups in total. The van der Waals surface area contributed by atoms with E-state index in [1.165, 1.54) is 17.0 Å². The van der Waals surface area contributed by atoms with Crippen LogP contribution in [-0.2, 0) is 32.6 Å². The van der Waals surface area contributed by atoms with E-state index in [4.69, 9.17) is 11.6 Å². The SMILES string of the molecule is Cc1ccc(S(=O)(=O)N(CC(=O)N(Cc2ccc(Cl)cc2)C(Cc2ccccc2)C(=O)NCC(C)C)c2ccc(Br)cc2)cc1. The molecule has 0 aliphatic heterocycles. The molecule has 0 spiro atoms. The summed E-state index contributed by atoms with van der Waals surface area (Å²) in [5.41, 5.74) is 2.85. The van der Waals surface area contributed by atoms with Gasteiger partial charge in [-0.2, -0.15) is 0 Å². The van der Waals surface area contributed by atoms with Gasteiger partial charge in [-0.05, 0) is 72.5 Å². The van der Waals surface area contributed by atoms with Crippen molar-refractivity contribution in [2.24, 2.45) is 5.92 Å². The average molecular weight is 711 g/mol. The Morgan fingerprint density at radius 1 is 0.844 bits per heavy atom. The van der Waals surface area contributed by atoms with Crippen LogP contribution in [0.15, 0.2) is 112 Å². The fourth-order valence-electron chi connectivity index (χ4n) is 4.74. The van der Waals surface area contributed by atoms with E-state index < -0.39 is 28.5 Å². The van der Waals surface area contributed by atoms with E-state index in [0.29, 0.717) is 17.3 Å². The molecule has 0 aliphatic rings. The first kappa shape index (κ1) is 34.2. The summed E-state index contributed by atoms with van der Waals surface area (Å²) in [6.45, 7) is 5.85. The summed E-state index contributed by atoms with van der Waals surface area (Å²) in [5, 5.41) is 3.53. The molecule has 0 aliphatic carbocycles. The molecular weight excluding hydrogens is 674 g/mol. The van der Waals surface area contributed by atoms with Gasteiger partial charge in [0.2, 0.25) is 11.8 Å². The monoisotopic (exact) mass is 709 g/mol. The fourth-order valence-corrected chi connectivity index (χ4v) is 6.54. The summed E-state index contributed by atoms with van der Waals surface area (Å²) in [6.07, 6.45) is 0.243. The number of sulfonamides is 1. The highest BCUT2D eigenvalue weighted by Gasteiger charge is 2.34. The van der Waals surface area contributed by atoms with Gasteiger partial charge in [0.15, 0.2) is 0 Å². The van der Waals surface area contributed by atoms with E-state index in [1.54, 1.807) is 60.7 Å². The predicted molar refractivity (Wildman–Crippen MR) is 184 cm³/mol. The second-order valence-electron chi connectivity index (χ2n) is 11.3. The van der Waals surface area contributed by atoms with Gasteiger partial charge in [0, 0.05) is 29.0 Å². The number of carbonyl (C=O) groups excluding carboxylic acids is 2. The van der Waals surface area contributed by atoms with E-state index in [-0.39, 0.29) is 29.7 Å². The summed E-state index contributed by atoms with van der Waals surface area (Å²) >= 11 is 9.55. The van der Waals surface area contributed by atoms with E-state index in [1.807, 2.05) is 51.1 Å². The summed E-state index contributed by atoms with van der Waals surface area (Å²) < 4.78 is 30.1. The molecule has 1 unspecified atom stereocenters. The summed E-state index contributed by atoms with van der Waals surface area (Å²) in [4.78, 5) is 29.8. The summed E-state index contributed by atoms with van der Waals surface area (Å²) in [7, 11) is -4.16. The van der Waals surface area contributed by atoms with Crippen molar-refractivity contribution < 1.29 is 18.0 Å². The first-order chi connectivity index (χ1) is 21.4. The first-order valence-corrected chi connectivity index (χ1v) is 17.3. The van der Waals surface area contributed by atoms with Gasteiger partial charge in [-0.1, -0.05) is 102 Å². The zero-order valence-corrected chi connectivity index (χ0v) is 28.6. The number of halogens is 2. The van der Waals surface area contributed by atoms with Crippen molar-refractivity contribution in [3.8, 4) is 0 Å². The third-order valence-electron chi connectivity index (χ3n) is 7.22. The lowest BCUT2D eigenvalue weighted by atomic mass is 10.0. The van der Waals surface area contributed by atoms with Crippen molar-refractivity contribution in [1.82, 2.24) is 10.2 Å². The van der Waals surface area contributed by atoms with Crippen LogP contribution >= 0.6 is 27.5 Å². The van der Waals surface area contributed by atoms with Gasteiger partial charge in [0.25, 0.3) is 10.0 Å². The molecule has 0 bridgehead atoms. The minimum absolute atomic E-state index is 0.0589. The Hall–Kier alpha value is -3.66. The Morgan fingerprint density at radius 3 is 2.07 bits per heavy atom. The molecule has 0 saturated heterocycles. The van der Waals surface area contributed by atoms with Crippen LogP contribution < -0.4 is 9.62 Å². The molecule has 0 fully saturated rings. The number of aryl methyl sites for hydroxylation is 1. The molecule has 236 valence electrons. The number of amides is 2. The zero-order valence-electron chi connectivity index (χ0n) is 25.5. The standard InChI is InChI=1S/C35H37BrClN3O4S/c1-25(2)22-38-35(42)33(21-27-7-5-4-6-8-27)39(23-28-11-15-30(37)16-12-28)34(41)24-40(31-17-13-29(36)14-18-31)45(43,44)32-19-9-26(3)10-20-32/h4-20,25,33H,21-24H2,1-3H3,(H,38,42). The molecule has 4 rings (SSSR count). The number of hydrogen-bond donors (Lipinski definition) is 1. The van der Waals surface area contributed by atoms with E-state index in [2.05, 4.69) is 21.2 Å². The third-order valence-corrected chi connectivity index (χ3v) is 9.79. The average Bonchev–Trinajstić information content (AvgIpc) is 3.02. The first-order valence-electron chi connectivity index (χ1n) is 14.6. The van der Waals surface area contributed by atoms with Crippen molar-refractivity contribution >= 4 is 55.1 Å². The van der Waals surface area contributed by atoms with Gasteiger partial charge in [0.05, 0.1) is 10.6 Å². The van der Waals surface area contributed by atoms with Crippen LogP contribution in [0.4, 0.5) is 5.69 Å². The Labute approximate surface area is 279 Å². The van der Waals surface area contributed by atoms with Crippen LogP contribution in [-0.4, -0.2) is 44.3 Å². The molecule has 2 amide bonds. The van der Waals surface area contributed by atoms with Crippen LogP contribution in [0.2, 0.25) is 5.02 Å². The lowest BCUT2D eigenvalue weighted by Gasteiger charge is -2.34. The van der Waals surface area contributed by atoms with Crippen LogP contribution in [0.25, 0.3) is 0 Å². The Balaban J connectivity index is 1.79. The highest BCUT2D eigenvalue weighted by Crippen LogP contribution is 2.27. The smallest absolute Gasteiger partial charge is 0.264 e. The molecule has 0 saturated carbocycles. The molecule has 10 heteroatoms. The van der Waals surface area contributed by atoms with Crippen molar-refractivity contribution in [1.29, 1.82) is 0 Å². The number of benzene rings is 4. The quantitative estimate of drug-likeness (QED) is 0.162. The Bertz CT molecular complexity index is 1680. The van der Waals surface area contributed by atoms with Crippen molar-refractivity contribution in [3.05, 3.63) is 129 Å². The number of rotatable bonds is 13. The van der Waals surface area contributed by atoms with Crippen molar-refractivity contribution in [3.63, 3.8) is 0 Å². The third kappa shape index (κ3) is 9.42. The molecule has 7 nitrogen and oxygen atoms in total. The number of nitrogens with zero attached hydrogens (tertiary/aromatic N) is 2. The summed E-state index contributed by atoms with van der Waals surface area (Å²) in [5.74, 6) is -0.644. The molecule has 1 atom stereocenters. The molecule has 0 aromatic heterocycles. The highest BCUT2D eigenvalue weighted by atomic mass is 79.9. The van der Waals surface area contributed by atoms with Crippen LogP contribution in [0.3, 0.4) is 0 Å². The van der Waals surface area contributed by atoms with Crippen LogP contribution in [0, 0.1) is 12.8 Å². The lowest BCUT2D eigenvalue weighted by Crippen LogP contribution is -2.53. The molecular formula is C35H37BrClN3O4S. The fraction of sp³-hybridized carbons (Fsp3) is 0.257. The van der Waals surface area contributed by atoms with E-state index >= 15 is 0 Å². The second kappa shape index (κ2) is 15.6. The van der Waals surface area contributed by atoms with Crippen molar-refractivity contribution in [2.75, 3.05) is 17.4 Å². The Morgan fingerprint density at radius 2 is 1.47 bits per heavy atom. The zero-order chi connectivity index (χ0) is 32.6. The van der Waals surface area contributed by atoms with Gasteiger partial charge in [-0.25, -0.2) is 8.42 Å². The van der Waals surface area contributed by atoms with Crippen LogP contribution in [0.1, 0.15) is 30.5 Å². The molecule has 4 aromatic carbocycles. The lowest BCUT2D eigenvalue weighted by molar-refractivity contribution is -0.140. The normalized spacial score (nSPS) is 12.0. The number of nitrogens with one attached hydrogen (secondary N) is 1. The predicted octanol–water partition coefficient (Wildman–Crippen LogP) is 7.02. The van der Waals surface area contributed by atoms with Gasteiger partial charge in [-0.15, -0.1) is 0 Å². The van der Waals surface area contributed by atoms with Gasteiger partial charge in [-0.3, -0.25) is 13.9 Å². The van der Waals surface area contributed by atoms with E-state index in [9.17, 15) is 18.0 Å². The minimum Gasteiger partial charge on any atom is -0.354 e.